The lowest BCUT2D eigenvalue weighted by Gasteiger charge is -2.31. The highest BCUT2D eigenvalue weighted by Crippen LogP contribution is 2.18. The third-order valence-corrected chi connectivity index (χ3v) is 5.20. The summed E-state index contributed by atoms with van der Waals surface area (Å²) in [5.74, 6) is 0.902. The molecule has 1 atom stereocenters. The standard InChI is InChI=1S/C23H29IN2O4/c1-5-21(23(28)25-16(2)3)26(14-17-7-6-8-20(13-17)29-4)22(27)15-30-19-11-9-18(24)10-12-19/h6-13,16,21H,5,14-15H2,1-4H3,(H,25,28)/t21-/m0/s1. The maximum Gasteiger partial charge on any atom is 0.261 e. The van der Waals surface area contributed by atoms with Gasteiger partial charge in [-0.25, -0.2) is 0 Å². The molecule has 0 saturated heterocycles. The van der Waals surface area contributed by atoms with E-state index in [-0.39, 0.29) is 31.0 Å². The van der Waals surface area contributed by atoms with Crippen molar-refractivity contribution in [3.8, 4) is 11.5 Å². The number of benzene rings is 2. The molecule has 0 radical (unpaired) electrons. The van der Waals surface area contributed by atoms with Crippen molar-refractivity contribution in [3.05, 3.63) is 57.7 Å². The van der Waals surface area contributed by atoms with Crippen molar-refractivity contribution in [2.75, 3.05) is 13.7 Å². The monoisotopic (exact) mass is 524 g/mol. The molecule has 2 amide bonds. The Balaban J connectivity index is 2.22. The number of methoxy groups -OCH3 is 1. The van der Waals surface area contributed by atoms with Gasteiger partial charge >= 0.3 is 0 Å². The Hall–Kier alpha value is -2.29. The Bertz CT molecular complexity index is 839. The van der Waals surface area contributed by atoms with Crippen LogP contribution < -0.4 is 14.8 Å². The fourth-order valence-corrected chi connectivity index (χ4v) is 3.39. The summed E-state index contributed by atoms with van der Waals surface area (Å²) in [7, 11) is 1.60. The Morgan fingerprint density at radius 2 is 1.80 bits per heavy atom. The molecule has 0 unspecified atom stereocenters. The van der Waals surface area contributed by atoms with Crippen molar-refractivity contribution in [1.82, 2.24) is 10.2 Å². The van der Waals surface area contributed by atoms with E-state index in [2.05, 4.69) is 27.9 Å². The third kappa shape index (κ3) is 7.19. The lowest BCUT2D eigenvalue weighted by Crippen LogP contribution is -2.51. The maximum absolute atomic E-state index is 13.1. The molecule has 0 fully saturated rings. The molecular formula is C23H29IN2O4. The predicted molar refractivity (Wildman–Crippen MR) is 126 cm³/mol. The number of nitrogens with zero attached hydrogens (tertiary/aromatic N) is 1. The van der Waals surface area contributed by atoms with Crippen molar-refractivity contribution < 1.29 is 19.1 Å². The van der Waals surface area contributed by atoms with Gasteiger partial charge in [-0.15, -0.1) is 0 Å². The van der Waals surface area contributed by atoms with Gasteiger partial charge in [0.15, 0.2) is 6.61 Å². The van der Waals surface area contributed by atoms with Gasteiger partial charge in [0, 0.05) is 16.2 Å². The van der Waals surface area contributed by atoms with Crippen LogP contribution in [0.15, 0.2) is 48.5 Å². The number of rotatable bonds is 10. The van der Waals surface area contributed by atoms with Crippen molar-refractivity contribution in [3.63, 3.8) is 0 Å². The molecule has 0 saturated carbocycles. The van der Waals surface area contributed by atoms with Crippen LogP contribution >= 0.6 is 22.6 Å². The molecule has 0 aliphatic carbocycles. The first kappa shape index (κ1) is 24.0. The second-order valence-electron chi connectivity index (χ2n) is 7.20. The molecule has 0 aromatic heterocycles. The number of ether oxygens (including phenoxy) is 2. The predicted octanol–water partition coefficient (Wildman–Crippen LogP) is 4.01. The molecule has 0 aliphatic heterocycles. The van der Waals surface area contributed by atoms with E-state index in [1.54, 1.807) is 12.0 Å². The van der Waals surface area contributed by atoms with Gasteiger partial charge in [-0.3, -0.25) is 9.59 Å². The van der Waals surface area contributed by atoms with E-state index in [1.807, 2.05) is 69.3 Å². The van der Waals surface area contributed by atoms with Crippen LogP contribution in [0.4, 0.5) is 0 Å². The van der Waals surface area contributed by atoms with Crippen molar-refractivity contribution >= 4 is 34.4 Å². The first-order valence-corrected chi connectivity index (χ1v) is 11.0. The van der Waals surface area contributed by atoms with E-state index in [4.69, 9.17) is 9.47 Å². The molecule has 162 valence electrons. The minimum atomic E-state index is -0.591. The fraction of sp³-hybridized carbons (Fsp3) is 0.391. The van der Waals surface area contributed by atoms with Gasteiger partial charge in [-0.1, -0.05) is 19.1 Å². The Morgan fingerprint density at radius 1 is 1.10 bits per heavy atom. The summed E-state index contributed by atoms with van der Waals surface area (Å²) in [4.78, 5) is 27.5. The molecule has 2 aromatic rings. The second kappa shape index (κ2) is 11.8. The quantitative estimate of drug-likeness (QED) is 0.477. The third-order valence-electron chi connectivity index (χ3n) is 4.48. The summed E-state index contributed by atoms with van der Waals surface area (Å²) in [6.07, 6.45) is 0.498. The number of nitrogens with one attached hydrogen (secondary N) is 1. The highest BCUT2D eigenvalue weighted by molar-refractivity contribution is 14.1. The summed E-state index contributed by atoms with van der Waals surface area (Å²) in [6, 6.07) is 14.4. The van der Waals surface area contributed by atoms with Crippen LogP contribution in [0.3, 0.4) is 0 Å². The Kier molecular flexibility index (Phi) is 9.42. The smallest absolute Gasteiger partial charge is 0.261 e. The average molecular weight is 524 g/mol. The van der Waals surface area contributed by atoms with Gasteiger partial charge in [-0.2, -0.15) is 0 Å². The largest absolute Gasteiger partial charge is 0.497 e. The summed E-state index contributed by atoms with van der Waals surface area (Å²) in [5.41, 5.74) is 0.882. The normalized spacial score (nSPS) is 11.7. The van der Waals surface area contributed by atoms with Crippen LogP contribution in [-0.4, -0.2) is 42.5 Å². The van der Waals surface area contributed by atoms with E-state index < -0.39 is 6.04 Å². The summed E-state index contributed by atoms with van der Waals surface area (Å²) in [5, 5.41) is 2.92. The van der Waals surface area contributed by atoms with Crippen LogP contribution in [0, 0.1) is 3.57 Å². The molecule has 30 heavy (non-hydrogen) atoms. The van der Waals surface area contributed by atoms with Crippen LogP contribution in [0.25, 0.3) is 0 Å². The second-order valence-corrected chi connectivity index (χ2v) is 8.45. The first-order chi connectivity index (χ1) is 14.3. The van der Waals surface area contributed by atoms with E-state index in [0.717, 1.165) is 9.13 Å². The van der Waals surface area contributed by atoms with Crippen LogP contribution in [0.5, 0.6) is 11.5 Å². The van der Waals surface area contributed by atoms with Crippen molar-refractivity contribution in [2.24, 2.45) is 0 Å². The number of hydrogen-bond acceptors (Lipinski definition) is 4. The molecule has 0 aliphatic rings. The molecule has 0 bridgehead atoms. The summed E-state index contributed by atoms with van der Waals surface area (Å²) < 4.78 is 12.1. The molecule has 2 aromatic carbocycles. The Labute approximate surface area is 192 Å². The van der Waals surface area contributed by atoms with Crippen LogP contribution in [-0.2, 0) is 16.1 Å². The minimum absolute atomic E-state index is 0.0108. The number of halogens is 1. The number of hydrogen-bond donors (Lipinski definition) is 1. The zero-order valence-corrected chi connectivity index (χ0v) is 20.0. The average Bonchev–Trinajstić information content (AvgIpc) is 2.72. The van der Waals surface area contributed by atoms with Crippen molar-refractivity contribution in [1.29, 1.82) is 0 Å². The lowest BCUT2D eigenvalue weighted by molar-refractivity contribution is -0.143. The molecule has 2 rings (SSSR count). The molecular weight excluding hydrogens is 495 g/mol. The zero-order valence-electron chi connectivity index (χ0n) is 17.9. The van der Waals surface area contributed by atoms with Gasteiger partial charge < -0.3 is 19.7 Å². The van der Waals surface area contributed by atoms with Crippen LogP contribution in [0.1, 0.15) is 32.8 Å². The Morgan fingerprint density at radius 3 is 2.40 bits per heavy atom. The molecule has 0 heterocycles. The van der Waals surface area contributed by atoms with Gasteiger partial charge in [0.25, 0.3) is 5.91 Å². The van der Waals surface area contributed by atoms with Gasteiger partial charge in [0.2, 0.25) is 5.91 Å². The van der Waals surface area contributed by atoms with E-state index in [1.165, 1.54) is 0 Å². The van der Waals surface area contributed by atoms with E-state index >= 15 is 0 Å². The fourth-order valence-electron chi connectivity index (χ4n) is 3.03. The first-order valence-electron chi connectivity index (χ1n) is 9.95. The zero-order chi connectivity index (χ0) is 22.1. The van der Waals surface area contributed by atoms with Gasteiger partial charge in [0.05, 0.1) is 7.11 Å². The molecule has 7 heteroatoms. The maximum atomic E-state index is 13.1. The molecule has 0 spiro atoms. The topological polar surface area (TPSA) is 67.9 Å². The minimum Gasteiger partial charge on any atom is -0.497 e. The number of carbonyl (C=O) groups excluding carboxylic acids is 2. The summed E-state index contributed by atoms with van der Waals surface area (Å²) in [6.45, 7) is 5.85. The molecule has 1 N–H and O–H groups in total. The molecule has 6 nitrogen and oxygen atoms in total. The van der Waals surface area contributed by atoms with E-state index in [0.29, 0.717) is 17.9 Å². The lowest BCUT2D eigenvalue weighted by atomic mass is 10.1. The number of carbonyl (C=O) groups is 2. The van der Waals surface area contributed by atoms with Gasteiger partial charge in [0.1, 0.15) is 17.5 Å². The van der Waals surface area contributed by atoms with Crippen LogP contribution in [0.2, 0.25) is 0 Å². The highest BCUT2D eigenvalue weighted by atomic mass is 127. The number of amides is 2. The van der Waals surface area contributed by atoms with Crippen molar-refractivity contribution in [2.45, 2.75) is 45.8 Å². The summed E-state index contributed by atoms with van der Waals surface area (Å²) >= 11 is 2.21. The van der Waals surface area contributed by atoms with E-state index in [9.17, 15) is 9.59 Å². The highest BCUT2D eigenvalue weighted by Gasteiger charge is 2.29. The SMILES string of the molecule is CC[C@@H](C(=O)NC(C)C)N(Cc1cccc(OC)c1)C(=O)COc1ccc(I)cc1. The van der Waals surface area contributed by atoms with Gasteiger partial charge in [-0.05, 0) is 84.8 Å².